The van der Waals surface area contributed by atoms with Crippen molar-refractivity contribution in [3.05, 3.63) is 65.0 Å². The van der Waals surface area contributed by atoms with Gasteiger partial charge in [0, 0.05) is 16.6 Å². The summed E-state index contributed by atoms with van der Waals surface area (Å²) < 4.78 is 26.1. The van der Waals surface area contributed by atoms with E-state index < -0.39 is 27.8 Å². The van der Waals surface area contributed by atoms with E-state index in [0.717, 1.165) is 16.7 Å². The molecule has 2 unspecified atom stereocenters. The zero-order valence-corrected chi connectivity index (χ0v) is 14.4. The summed E-state index contributed by atoms with van der Waals surface area (Å²) in [5.41, 5.74) is 2.42. The standard InChI is InChI=1S/C18H20FNO3S/c1-12-3-8-17(16(19)9-12)20-18(22)13(2)24(23)11-15-6-4-14(10-21)5-7-15/h3-9,13,21H,10-11H2,1-2H3,(H,20,22). The number of carbonyl (C=O) groups excluding carboxylic acids is 1. The Hall–Kier alpha value is -2.05. The molecule has 0 radical (unpaired) electrons. The predicted molar refractivity (Wildman–Crippen MR) is 93.4 cm³/mol. The van der Waals surface area contributed by atoms with E-state index in [2.05, 4.69) is 5.32 Å². The fourth-order valence-electron chi connectivity index (χ4n) is 2.11. The third kappa shape index (κ3) is 4.72. The van der Waals surface area contributed by atoms with Crippen LogP contribution in [0.15, 0.2) is 42.5 Å². The smallest absolute Gasteiger partial charge is 0.239 e. The predicted octanol–water partition coefficient (Wildman–Crippen LogP) is 2.90. The zero-order valence-electron chi connectivity index (χ0n) is 13.6. The molecular weight excluding hydrogens is 329 g/mol. The van der Waals surface area contributed by atoms with Crippen LogP contribution >= 0.6 is 0 Å². The van der Waals surface area contributed by atoms with E-state index in [9.17, 15) is 13.4 Å². The third-order valence-corrected chi connectivity index (χ3v) is 5.28. The highest BCUT2D eigenvalue weighted by Crippen LogP contribution is 2.17. The Bertz CT molecular complexity index is 746. The highest BCUT2D eigenvalue weighted by atomic mass is 32.2. The van der Waals surface area contributed by atoms with Gasteiger partial charge in [0.1, 0.15) is 11.1 Å². The first kappa shape index (κ1) is 18.3. The van der Waals surface area contributed by atoms with Crippen LogP contribution in [0.2, 0.25) is 0 Å². The molecule has 24 heavy (non-hydrogen) atoms. The second-order valence-electron chi connectivity index (χ2n) is 5.61. The quantitative estimate of drug-likeness (QED) is 0.843. The molecule has 0 fully saturated rings. The van der Waals surface area contributed by atoms with Crippen LogP contribution in [0, 0.1) is 12.7 Å². The first-order valence-corrected chi connectivity index (χ1v) is 8.91. The van der Waals surface area contributed by atoms with Crippen molar-refractivity contribution < 1.29 is 18.5 Å². The normalized spacial score (nSPS) is 13.3. The molecule has 0 aliphatic carbocycles. The Labute approximate surface area is 143 Å². The number of aliphatic hydroxyl groups is 1. The molecule has 0 heterocycles. The van der Waals surface area contributed by atoms with Gasteiger partial charge in [0.25, 0.3) is 0 Å². The van der Waals surface area contributed by atoms with Crippen molar-refractivity contribution in [3.63, 3.8) is 0 Å². The molecule has 2 aromatic rings. The molecule has 0 aliphatic heterocycles. The zero-order chi connectivity index (χ0) is 17.7. The van der Waals surface area contributed by atoms with Crippen molar-refractivity contribution in [3.8, 4) is 0 Å². The number of benzene rings is 2. The molecule has 2 aromatic carbocycles. The Kier molecular flexibility index (Phi) is 6.23. The van der Waals surface area contributed by atoms with Gasteiger partial charge in [-0.1, -0.05) is 30.3 Å². The summed E-state index contributed by atoms with van der Waals surface area (Å²) in [4.78, 5) is 12.2. The van der Waals surface area contributed by atoms with Crippen LogP contribution < -0.4 is 5.32 Å². The lowest BCUT2D eigenvalue weighted by Gasteiger charge is -2.13. The molecule has 128 valence electrons. The number of carbonyl (C=O) groups is 1. The molecule has 2 atom stereocenters. The lowest BCUT2D eigenvalue weighted by molar-refractivity contribution is -0.115. The number of anilines is 1. The number of aliphatic hydroxyl groups excluding tert-OH is 1. The molecule has 6 heteroatoms. The van der Waals surface area contributed by atoms with Crippen LogP contribution in [-0.2, 0) is 28.0 Å². The topological polar surface area (TPSA) is 66.4 Å². The van der Waals surface area contributed by atoms with E-state index in [4.69, 9.17) is 5.11 Å². The van der Waals surface area contributed by atoms with E-state index in [0.29, 0.717) is 0 Å². The van der Waals surface area contributed by atoms with Crippen molar-refractivity contribution in [2.75, 3.05) is 5.32 Å². The summed E-state index contributed by atoms with van der Waals surface area (Å²) in [6, 6.07) is 11.6. The van der Waals surface area contributed by atoms with Crippen molar-refractivity contribution in [2.24, 2.45) is 0 Å². The molecule has 0 aliphatic rings. The number of hydrogen-bond donors (Lipinski definition) is 2. The van der Waals surface area contributed by atoms with Crippen molar-refractivity contribution in [2.45, 2.75) is 31.5 Å². The summed E-state index contributed by atoms with van der Waals surface area (Å²) in [5.74, 6) is -0.777. The number of nitrogens with one attached hydrogen (secondary N) is 1. The van der Waals surface area contributed by atoms with E-state index in [-0.39, 0.29) is 18.0 Å². The summed E-state index contributed by atoms with van der Waals surface area (Å²) in [6.07, 6.45) is 0. The summed E-state index contributed by atoms with van der Waals surface area (Å²) in [6.45, 7) is 3.26. The molecular formula is C18H20FNO3S. The largest absolute Gasteiger partial charge is 0.392 e. The lowest BCUT2D eigenvalue weighted by Crippen LogP contribution is -2.30. The second kappa shape index (κ2) is 8.17. The van der Waals surface area contributed by atoms with Crippen molar-refractivity contribution in [1.29, 1.82) is 0 Å². The maximum absolute atomic E-state index is 13.8. The van der Waals surface area contributed by atoms with Gasteiger partial charge in [-0.2, -0.15) is 0 Å². The SMILES string of the molecule is Cc1ccc(NC(=O)C(C)S(=O)Cc2ccc(CO)cc2)c(F)c1. The molecule has 2 N–H and O–H groups in total. The Morgan fingerprint density at radius 3 is 2.42 bits per heavy atom. The van der Waals surface area contributed by atoms with Gasteiger partial charge in [0.2, 0.25) is 5.91 Å². The first-order valence-electron chi connectivity index (χ1n) is 7.53. The summed E-state index contributed by atoms with van der Waals surface area (Å²) >= 11 is 0. The van der Waals surface area contributed by atoms with Gasteiger partial charge in [-0.05, 0) is 42.7 Å². The first-order chi connectivity index (χ1) is 11.4. The molecule has 1 amide bonds. The average Bonchev–Trinajstić information content (AvgIpc) is 2.57. The van der Waals surface area contributed by atoms with Crippen LogP contribution in [-0.4, -0.2) is 20.5 Å². The van der Waals surface area contributed by atoms with Gasteiger partial charge < -0.3 is 10.4 Å². The van der Waals surface area contributed by atoms with Crippen molar-refractivity contribution >= 4 is 22.4 Å². The minimum Gasteiger partial charge on any atom is -0.392 e. The number of hydrogen-bond acceptors (Lipinski definition) is 3. The molecule has 0 saturated heterocycles. The van der Waals surface area contributed by atoms with Gasteiger partial charge in [-0.3, -0.25) is 9.00 Å². The van der Waals surface area contributed by atoms with Crippen LogP contribution in [0.3, 0.4) is 0 Å². The van der Waals surface area contributed by atoms with Crippen molar-refractivity contribution in [1.82, 2.24) is 0 Å². The van der Waals surface area contributed by atoms with E-state index in [1.807, 2.05) is 0 Å². The Morgan fingerprint density at radius 2 is 1.83 bits per heavy atom. The molecule has 4 nitrogen and oxygen atoms in total. The molecule has 2 rings (SSSR count). The van der Waals surface area contributed by atoms with E-state index >= 15 is 0 Å². The molecule has 0 bridgehead atoms. The number of aryl methyl sites for hydroxylation is 1. The average molecular weight is 349 g/mol. The lowest BCUT2D eigenvalue weighted by atomic mass is 10.2. The summed E-state index contributed by atoms with van der Waals surface area (Å²) in [5, 5.41) is 10.7. The molecule has 0 spiro atoms. The summed E-state index contributed by atoms with van der Waals surface area (Å²) in [7, 11) is -1.44. The van der Waals surface area contributed by atoms with E-state index in [1.165, 1.54) is 12.1 Å². The highest BCUT2D eigenvalue weighted by molar-refractivity contribution is 7.85. The van der Waals surface area contributed by atoms with E-state index in [1.54, 1.807) is 44.2 Å². The van der Waals surface area contributed by atoms with Gasteiger partial charge in [-0.25, -0.2) is 4.39 Å². The highest BCUT2D eigenvalue weighted by Gasteiger charge is 2.21. The Balaban J connectivity index is 1.99. The van der Waals surface area contributed by atoms with Gasteiger partial charge >= 0.3 is 0 Å². The minimum atomic E-state index is -1.44. The molecule has 0 saturated carbocycles. The maximum atomic E-state index is 13.8. The second-order valence-corrected chi connectivity index (χ2v) is 7.37. The Morgan fingerprint density at radius 1 is 1.21 bits per heavy atom. The van der Waals surface area contributed by atoms with Crippen LogP contribution in [0.1, 0.15) is 23.6 Å². The van der Waals surface area contributed by atoms with Gasteiger partial charge in [-0.15, -0.1) is 0 Å². The fourth-order valence-corrected chi connectivity index (χ4v) is 3.17. The van der Waals surface area contributed by atoms with Crippen LogP contribution in [0.5, 0.6) is 0 Å². The fraction of sp³-hybridized carbons (Fsp3) is 0.278. The third-order valence-electron chi connectivity index (χ3n) is 3.66. The van der Waals surface area contributed by atoms with Gasteiger partial charge in [0.15, 0.2) is 0 Å². The maximum Gasteiger partial charge on any atom is 0.239 e. The monoisotopic (exact) mass is 349 g/mol. The number of rotatable bonds is 6. The minimum absolute atomic E-state index is 0.0513. The number of halogens is 1. The van der Waals surface area contributed by atoms with Gasteiger partial charge in [0.05, 0.1) is 12.3 Å². The number of amides is 1. The molecule has 0 aromatic heterocycles. The van der Waals surface area contributed by atoms with Crippen LogP contribution in [0.4, 0.5) is 10.1 Å². The van der Waals surface area contributed by atoms with Crippen LogP contribution in [0.25, 0.3) is 0 Å².